The first-order valence-corrected chi connectivity index (χ1v) is 11.2. The molecule has 2 aromatic carbocycles. The van der Waals surface area contributed by atoms with E-state index in [1.807, 2.05) is 38.1 Å². The van der Waals surface area contributed by atoms with Crippen molar-refractivity contribution in [1.29, 1.82) is 0 Å². The highest BCUT2D eigenvalue weighted by Crippen LogP contribution is 2.15. The molecular formula is C19H26N2O2S2. The second kappa shape index (κ2) is 9.38. The molecule has 0 aliphatic carbocycles. The van der Waals surface area contributed by atoms with E-state index in [-0.39, 0.29) is 11.8 Å². The molecule has 0 amide bonds. The van der Waals surface area contributed by atoms with Gasteiger partial charge < -0.3 is 5.32 Å². The summed E-state index contributed by atoms with van der Waals surface area (Å²) in [5.41, 5.74) is 3.06. The molecule has 0 aromatic heterocycles. The Morgan fingerprint density at radius 2 is 1.60 bits per heavy atom. The molecule has 0 saturated heterocycles. The Morgan fingerprint density at radius 1 is 0.960 bits per heavy atom. The smallest absolute Gasteiger partial charge is 0.216 e. The van der Waals surface area contributed by atoms with Gasteiger partial charge in [-0.1, -0.05) is 36.4 Å². The zero-order chi connectivity index (χ0) is 18.3. The topological polar surface area (TPSA) is 58.2 Å². The van der Waals surface area contributed by atoms with Gasteiger partial charge in [-0.25, -0.2) is 13.1 Å². The zero-order valence-electron chi connectivity index (χ0n) is 15.0. The highest BCUT2D eigenvalue weighted by Gasteiger charge is 2.15. The number of hydrogen-bond acceptors (Lipinski definition) is 4. The number of sulfonamides is 1. The Hall–Kier alpha value is -1.34. The van der Waals surface area contributed by atoms with E-state index in [1.165, 1.54) is 10.5 Å². The van der Waals surface area contributed by atoms with E-state index in [0.717, 1.165) is 17.7 Å². The first-order valence-electron chi connectivity index (χ1n) is 8.30. The Labute approximate surface area is 155 Å². The van der Waals surface area contributed by atoms with Gasteiger partial charge in [-0.2, -0.15) is 0 Å². The normalized spacial score (nSPS) is 11.8. The van der Waals surface area contributed by atoms with Gasteiger partial charge in [0, 0.05) is 24.0 Å². The van der Waals surface area contributed by atoms with Gasteiger partial charge in [-0.05, 0) is 48.9 Å². The first kappa shape index (κ1) is 20.0. The summed E-state index contributed by atoms with van der Waals surface area (Å²) in [4.78, 5) is 1.25. The van der Waals surface area contributed by atoms with Gasteiger partial charge in [0.15, 0.2) is 0 Å². The van der Waals surface area contributed by atoms with Gasteiger partial charge in [0.1, 0.15) is 0 Å². The van der Waals surface area contributed by atoms with Crippen LogP contribution in [0.15, 0.2) is 53.4 Å². The Bertz CT molecular complexity index is 772. The van der Waals surface area contributed by atoms with Crippen molar-refractivity contribution in [2.75, 3.05) is 6.26 Å². The van der Waals surface area contributed by atoms with Crippen molar-refractivity contribution in [2.45, 2.75) is 43.6 Å². The molecule has 136 valence electrons. The number of rotatable bonds is 9. The molecule has 0 unspecified atom stereocenters. The summed E-state index contributed by atoms with van der Waals surface area (Å²) in [6.45, 7) is 5.04. The molecule has 25 heavy (non-hydrogen) atoms. The maximum Gasteiger partial charge on any atom is 0.216 e. The van der Waals surface area contributed by atoms with E-state index >= 15 is 0 Å². The molecule has 0 fully saturated rings. The van der Waals surface area contributed by atoms with Crippen LogP contribution in [0, 0.1) is 0 Å². The predicted molar refractivity (Wildman–Crippen MR) is 106 cm³/mol. The SMILES string of the molecule is CSc1ccc(CNCc2ccccc2CS(=O)(=O)NC(C)C)cc1. The van der Waals surface area contributed by atoms with Gasteiger partial charge >= 0.3 is 0 Å². The van der Waals surface area contributed by atoms with Crippen molar-refractivity contribution >= 4 is 21.8 Å². The monoisotopic (exact) mass is 378 g/mol. The van der Waals surface area contributed by atoms with Crippen molar-refractivity contribution < 1.29 is 8.42 Å². The quantitative estimate of drug-likeness (QED) is 0.656. The Balaban J connectivity index is 1.98. The lowest BCUT2D eigenvalue weighted by atomic mass is 10.1. The van der Waals surface area contributed by atoms with E-state index in [1.54, 1.807) is 11.8 Å². The molecule has 0 spiro atoms. The van der Waals surface area contributed by atoms with Gasteiger partial charge in [0.2, 0.25) is 10.0 Å². The molecular weight excluding hydrogens is 352 g/mol. The third kappa shape index (κ3) is 6.82. The molecule has 2 N–H and O–H groups in total. The molecule has 4 nitrogen and oxygen atoms in total. The zero-order valence-corrected chi connectivity index (χ0v) is 16.6. The summed E-state index contributed by atoms with van der Waals surface area (Å²) < 4.78 is 27.0. The van der Waals surface area contributed by atoms with Crippen LogP contribution < -0.4 is 10.0 Å². The van der Waals surface area contributed by atoms with E-state index in [9.17, 15) is 8.42 Å². The first-order chi connectivity index (χ1) is 11.9. The lowest BCUT2D eigenvalue weighted by molar-refractivity contribution is 0.568. The Kier molecular flexibility index (Phi) is 7.50. The molecule has 0 aliphatic rings. The van der Waals surface area contributed by atoms with Gasteiger partial charge in [-0.3, -0.25) is 0 Å². The van der Waals surface area contributed by atoms with Crippen molar-refractivity contribution in [3.8, 4) is 0 Å². The molecule has 0 radical (unpaired) electrons. The summed E-state index contributed by atoms with van der Waals surface area (Å²) >= 11 is 1.73. The molecule has 0 aliphatic heterocycles. The molecule has 0 heterocycles. The number of nitrogens with one attached hydrogen (secondary N) is 2. The summed E-state index contributed by atoms with van der Waals surface area (Å²) in [5, 5.41) is 3.40. The summed E-state index contributed by atoms with van der Waals surface area (Å²) in [5.74, 6) is 0.00541. The second-order valence-electron chi connectivity index (χ2n) is 6.25. The van der Waals surface area contributed by atoms with Crippen LogP contribution >= 0.6 is 11.8 Å². The van der Waals surface area contributed by atoms with Crippen molar-refractivity contribution in [2.24, 2.45) is 0 Å². The average Bonchev–Trinajstić information content (AvgIpc) is 2.55. The van der Waals surface area contributed by atoms with Crippen LogP contribution in [0.25, 0.3) is 0 Å². The fourth-order valence-corrected chi connectivity index (χ4v) is 4.46. The van der Waals surface area contributed by atoms with E-state index in [2.05, 4.69) is 40.6 Å². The minimum atomic E-state index is -3.32. The van der Waals surface area contributed by atoms with Crippen molar-refractivity contribution in [1.82, 2.24) is 10.0 Å². The average molecular weight is 379 g/mol. The van der Waals surface area contributed by atoms with E-state index in [0.29, 0.717) is 6.54 Å². The predicted octanol–water partition coefficient (Wildman–Crippen LogP) is 3.53. The Morgan fingerprint density at radius 3 is 2.20 bits per heavy atom. The third-order valence-corrected chi connectivity index (χ3v) is 5.95. The number of thioether (sulfide) groups is 1. The minimum absolute atomic E-state index is 0.00541. The van der Waals surface area contributed by atoms with Crippen LogP contribution in [-0.4, -0.2) is 20.7 Å². The molecule has 0 bridgehead atoms. The van der Waals surface area contributed by atoms with Crippen LogP contribution in [0.3, 0.4) is 0 Å². The molecule has 0 atom stereocenters. The molecule has 0 saturated carbocycles. The fraction of sp³-hybridized carbons (Fsp3) is 0.368. The lowest BCUT2D eigenvalue weighted by Crippen LogP contribution is -2.31. The van der Waals surface area contributed by atoms with E-state index in [4.69, 9.17) is 0 Å². The number of hydrogen-bond donors (Lipinski definition) is 2. The van der Waals surface area contributed by atoms with Crippen molar-refractivity contribution in [3.63, 3.8) is 0 Å². The minimum Gasteiger partial charge on any atom is -0.309 e. The maximum atomic E-state index is 12.2. The van der Waals surface area contributed by atoms with Gasteiger partial charge in [0.05, 0.1) is 5.75 Å². The second-order valence-corrected chi connectivity index (χ2v) is 8.89. The summed E-state index contributed by atoms with van der Waals surface area (Å²) in [7, 11) is -3.32. The molecule has 2 aromatic rings. The van der Waals surface area contributed by atoms with E-state index < -0.39 is 10.0 Å². The fourth-order valence-electron chi connectivity index (χ4n) is 2.56. The lowest BCUT2D eigenvalue weighted by Gasteiger charge is -2.13. The summed E-state index contributed by atoms with van der Waals surface area (Å²) in [6, 6.07) is 16.0. The maximum absolute atomic E-state index is 12.2. The standard InChI is InChI=1S/C19H26N2O2S2/c1-15(2)21-25(22,23)14-18-7-5-4-6-17(18)13-20-12-16-8-10-19(24-3)11-9-16/h4-11,15,20-21H,12-14H2,1-3H3. The summed E-state index contributed by atoms with van der Waals surface area (Å²) in [6.07, 6.45) is 2.06. The molecule has 6 heteroatoms. The molecule has 2 rings (SSSR count). The van der Waals surface area contributed by atoms with Gasteiger partial charge in [-0.15, -0.1) is 11.8 Å². The van der Waals surface area contributed by atoms with Crippen LogP contribution in [0.2, 0.25) is 0 Å². The van der Waals surface area contributed by atoms with Crippen molar-refractivity contribution in [3.05, 3.63) is 65.2 Å². The van der Waals surface area contributed by atoms with Crippen LogP contribution in [0.4, 0.5) is 0 Å². The van der Waals surface area contributed by atoms with Crippen LogP contribution in [0.5, 0.6) is 0 Å². The van der Waals surface area contributed by atoms with Crippen LogP contribution in [0.1, 0.15) is 30.5 Å². The highest BCUT2D eigenvalue weighted by atomic mass is 32.2. The third-order valence-electron chi connectivity index (χ3n) is 3.68. The van der Waals surface area contributed by atoms with Gasteiger partial charge in [0.25, 0.3) is 0 Å². The number of benzene rings is 2. The van der Waals surface area contributed by atoms with Crippen LogP contribution in [-0.2, 0) is 28.9 Å². The highest BCUT2D eigenvalue weighted by molar-refractivity contribution is 7.98. The largest absolute Gasteiger partial charge is 0.309 e.